The first-order chi connectivity index (χ1) is 11.2. The highest BCUT2D eigenvalue weighted by molar-refractivity contribution is 5.95. The van der Waals surface area contributed by atoms with E-state index in [1.54, 1.807) is 18.2 Å². The monoisotopic (exact) mass is 356 g/mol. The van der Waals surface area contributed by atoms with Gasteiger partial charge in [0.05, 0.1) is 13.2 Å². The summed E-state index contributed by atoms with van der Waals surface area (Å²) in [6, 6.07) is 5.50. The molecule has 5 nitrogen and oxygen atoms in total. The Morgan fingerprint density at radius 3 is 2.50 bits per heavy atom. The maximum absolute atomic E-state index is 12.6. The zero-order valence-corrected chi connectivity index (χ0v) is 15.4. The van der Waals surface area contributed by atoms with Gasteiger partial charge in [-0.05, 0) is 57.4 Å². The van der Waals surface area contributed by atoms with Gasteiger partial charge < -0.3 is 20.5 Å². The molecule has 1 amide bonds. The van der Waals surface area contributed by atoms with Crippen molar-refractivity contribution in [3.8, 4) is 11.5 Å². The van der Waals surface area contributed by atoms with E-state index in [1.165, 1.54) is 6.42 Å². The van der Waals surface area contributed by atoms with E-state index in [1.807, 2.05) is 13.8 Å². The van der Waals surface area contributed by atoms with E-state index in [2.05, 4.69) is 5.32 Å². The Labute approximate surface area is 150 Å². The van der Waals surface area contributed by atoms with Crippen LogP contribution in [0.4, 0.5) is 0 Å². The van der Waals surface area contributed by atoms with Crippen molar-refractivity contribution >= 4 is 18.3 Å². The molecule has 0 aromatic heterocycles. The minimum atomic E-state index is -0.0700. The van der Waals surface area contributed by atoms with E-state index in [0.717, 1.165) is 19.3 Å². The van der Waals surface area contributed by atoms with E-state index in [-0.39, 0.29) is 24.4 Å². The average Bonchev–Trinajstić information content (AvgIpc) is 2.57. The van der Waals surface area contributed by atoms with Gasteiger partial charge in [0, 0.05) is 11.6 Å². The molecule has 1 aromatic rings. The lowest BCUT2D eigenvalue weighted by Crippen LogP contribution is -2.44. The fourth-order valence-electron chi connectivity index (χ4n) is 3.12. The van der Waals surface area contributed by atoms with E-state index in [4.69, 9.17) is 15.2 Å². The first kappa shape index (κ1) is 20.6. The third-order valence-corrected chi connectivity index (χ3v) is 4.33. The largest absolute Gasteiger partial charge is 0.490 e. The van der Waals surface area contributed by atoms with Crippen LogP contribution in [0, 0.1) is 5.92 Å². The van der Waals surface area contributed by atoms with Gasteiger partial charge in [0.15, 0.2) is 11.5 Å². The number of rotatable bonds is 7. The normalized spacial score (nSPS) is 20.0. The number of nitrogens with two attached hydrogens (primary N) is 1. The molecule has 3 N–H and O–H groups in total. The van der Waals surface area contributed by atoms with Crippen molar-refractivity contribution < 1.29 is 14.3 Å². The quantitative estimate of drug-likeness (QED) is 0.787. The molecule has 2 atom stereocenters. The Morgan fingerprint density at radius 2 is 1.83 bits per heavy atom. The van der Waals surface area contributed by atoms with Crippen molar-refractivity contribution in [1.82, 2.24) is 5.32 Å². The minimum absolute atomic E-state index is 0. The molecule has 0 spiro atoms. The predicted octanol–water partition coefficient (Wildman–Crippen LogP) is 3.15. The molecule has 1 saturated carbocycles. The molecular weight excluding hydrogens is 328 g/mol. The van der Waals surface area contributed by atoms with Gasteiger partial charge in [0.1, 0.15) is 0 Å². The van der Waals surface area contributed by atoms with Crippen LogP contribution in [-0.2, 0) is 0 Å². The van der Waals surface area contributed by atoms with E-state index in [0.29, 0.717) is 42.7 Å². The molecule has 0 saturated heterocycles. The maximum Gasteiger partial charge on any atom is 0.251 e. The maximum atomic E-state index is 12.6. The SMILES string of the molecule is CCOc1ccc(C(=O)NC2CCCCC2CN)cc1OCC.Cl. The molecule has 0 heterocycles. The van der Waals surface area contributed by atoms with Crippen LogP contribution in [0.2, 0.25) is 0 Å². The molecule has 1 aromatic carbocycles. The number of halogens is 1. The van der Waals surface area contributed by atoms with Crippen molar-refractivity contribution in [1.29, 1.82) is 0 Å². The van der Waals surface area contributed by atoms with Gasteiger partial charge in [0.2, 0.25) is 0 Å². The second-order valence-electron chi connectivity index (χ2n) is 5.89. The fourth-order valence-corrected chi connectivity index (χ4v) is 3.12. The van der Waals surface area contributed by atoms with Gasteiger partial charge in [-0.25, -0.2) is 0 Å². The second-order valence-corrected chi connectivity index (χ2v) is 5.89. The Kier molecular flexibility index (Phi) is 8.93. The molecule has 6 heteroatoms. The lowest BCUT2D eigenvalue weighted by Gasteiger charge is -2.31. The van der Waals surface area contributed by atoms with Crippen molar-refractivity contribution in [2.24, 2.45) is 11.7 Å². The molecule has 0 aliphatic heterocycles. The van der Waals surface area contributed by atoms with E-state index >= 15 is 0 Å². The van der Waals surface area contributed by atoms with Crippen molar-refractivity contribution in [2.75, 3.05) is 19.8 Å². The number of amides is 1. The van der Waals surface area contributed by atoms with Crippen LogP contribution in [0.15, 0.2) is 18.2 Å². The molecule has 0 radical (unpaired) electrons. The van der Waals surface area contributed by atoms with Crippen LogP contribution in [0.3, 0.4) is 0 Å². The summed E-state index contributed by atoms with van der Waals surface area (Å²) in [4.78, 5) is 12.6. The van der Waals surface area contributed by atoms with Crippen LogP contribution in [-0.4, -0.2) is 31.7 Å². The number of carbonyl (C=O) groups excluding carboxylic acids is 1. The molecule has 1 fully saturated rings. The summed E-state index contributed by atoms with van der Waals surface area (Å²) in [5.41, 5.74) is 6.43. The standard InChI is InChI=1S/C18H28N2O3.ClH/c1-3-22-16-10-9-13(11-17(16)23-4-2)18(21)20-15-8-6-5-7-14(15)12-19;/h9-11,14-15H,3-8,12,19H2,1-2H3,(H,20,21);1H. The first-order valence-corrected chi connectivity index (χ1v) is 8.60. The van der Waals surface area contributed by atoms with Crippen LogP contribution < -0.4 is 20.5 Å². The Bertz CT molecular complexity index is 525. The van der Waals surface area contributed by atoms with Crippen LogP contribution in [0.5, 0.6) is 11.5 Å². The highest BCUT2D eigenvalue weighted by atomic mass is 35.5. The number of ether oxygens (including phenoxy) is 2. The lowest BCUT2D eigenvalue weighted by atomic mass is 9.84. The molecule has 1 aliphatic carbocycles. The number of hydrogen-bond donors (Lipinski definition) is 2. The van der Waals surface area contributed by atoms with Crippen LogP contribution in [0.25, 0.3) is 0 Å². The number of hydrogen-bond acceptors (Lipinski definition) is 4. The van der Waals surface area contributed by atoms with Crippen molar-refractivity contribution in [3.05, 3.63) is 23.8 Å². The average molecular weight is 357 g/mol. The third-order valence-electron chi connectivity index (χ3n) is 4.33. The molecule has 2 rings (SSSR count). The molecule has 1 aliphatic rings. The summed E-state index contributed by atoms with van der Waals surface area (Å²) < 4.78 is 11.1. The minimum Gasteiger partial charge on any atom is -0.490 e. The Morgan fingerprint density at radius 1 is 1.17 bits per heavy atom. The highest BCUT2D eigenvalue weighted by Crippen LogP contribution is 2.29. The van der Waals surface area contributed by atoms with Crippen molar-refractivity contribution in [3.63, 3.8) is 0 Å². The zero-order chi connectivity index (χ0) is 16.7. The number of nitrogens with one attached hydrogen (secondary N) is 1. The summed E-state index contributed by atoms with van der Waals surface area (Å²) >= 11 is 0. The first-order valence-electron chi connectivity index (χ1n) is 8.60. The summed E-state index contributed by atoms with van der Waals surface area (Å²) in [6.07, 6.45) is 4.44. The molecular formula is C18H29ClN2O3. The van der Waals surface area contributed by atoms with Gasteiger partial charge in [-0.1, -0.05) is 12.8 Å². The van der Waals surface area contributed by atoms with E-state index < -0.39 is 0 Å². The molecule has 2 unspecified atom stereocenters. The van der Waals surface area contributed by atoms with Crippen LogP contribution in [0.1, 0.15) is 49.9 Å². The summed E-state index contributed by atoms with van der Waals surface area (Å²) in [7, 11) is 0. The van der Waals surface area contributed by atoms with Crippen molar-refractivity contribution in [2.45, 2.75) is 45.6 Å². The lowest BCUT2D eigenvalue weighted by molar-refractivity contribution is 0.0907. The molecule has 24 heavy (non-hydrogen) atoms. The summed E-state index contributed by atoms with van der Waals surface area (Å²) in [5.74, 6) is 1.59. The topological polar surface area (TPSA) is 73.6 Å². The Hall–Kier alpha value is -1.46. The smallest absolute Gasteiger partial charge is 0.251 e. The second kappa shape index (κ2) is 10.4. The third kappa shape index (κ3) is 5.28. The van der Waals surface area contributed by atoms with Gasteiger partial charge in [-0.15, -0.1) is 12.4 Å². The Balaban J connectivity index is 0.00000288. The zero-order valence-electron chi connectivity index (χ0n) is 14.5. The van der Waals surface area contributed by atoms with Crippen LogP contribution >= 0.6 is 12.4 Å². The highest BCUT2D eigenvalue weighted by Gasteiger charge is 2.26. The van der Waals surface area contributed by atoms with Gasteiger partial charge >= 0.3 is 0 Å². The molecule has 0 bridgehead atoms. The summed E-state index contributed by atoms with van der Waals surface area (Å²) in [5, 5.41) is 3.14. The number of benzene rings is 1. The number of carbonyl (C=O) groups is 1. The van der Waals surface area contributed by atoms with E-state index in [9.17, 15) is 4.79 Å². The van der Waals surface area contributed by atoms with Gasteiger partial charge in [0.25, 0.3) is 5.91 Å². The van der Waals surface area contributed by atoms with Gasteiger partial charge in [-0.3, -0.25) is 4.79 Å². The fraction of sp³-hybridized carbons (Fsp3) is 0.611. The summed E-state index contributed by atoms with van der Waals surface area (Å²) in [6.45, 7) is 5.55. The van der Waals surface area contributed by atoms with Gasteiger partial charge in [-0.2, -0.15) is 0 Å². The predicted molar refractivity (Wildman–Crippen MR) is 98.3 cm³/mol. The molecule has 136 valence electrons.